The smallest absolute Gasteiger partial charge is 0.0187 e. The fourth-order valence-electron chi connectivity index (χ4n) is 1.64. The number of benzene rings is 1. The molecule has 0 bridgehead atoms. The Kier molecular flexibility index (Phi) is 6.02. The van der Waals surface area contributed by atoms with Gasteiger partial charge in [0.1, 0.15) is 0 Å². The van der Waals surface area contributed by atoms with Gasteiger partial charge in [-0.2, -0.15) is 0 Å². The molecule has 0 spiro atoms. The fourth-order valence-corrected chi connectivity index (χ4v) is 1.64. The van der Waals surface area contributed by atoms with Crippen LogP contribution in [0.25, 0.3) is 5.57 Å². The van der Waals surface area contributed by atoms with Gasteiger partial charge in [0.2, 0.25) is 0 Å². The molecule has 1 aromatic carbocycles. The summed E-state index contributed by atoms with van der Waals surface area (Å²) in [5.41, 5.74) is 2.49. The molecule has 0 aliphatic carbocycles. The summed E-state index contributed by atoms with van der Waals surface area (Å²) in [4.78, 5) is 0. The average Bonchev–Trinajstić information content (AvgIpc) is 2.35. The lowest BCUT2D eigenvalue weighted by Crippen LogP contribution is -1.80. The maximum atomic E-state index is 3.87. The van der Waals surface area contributed by atoms with Gasteiger partial charge in [0.15, 0.2) is 0 Å². The molecule has 0 heterocycles. The lowest BCUT2D eigenvalue weighted by molar-refractivity contribution is 0.763. The highest BCUT2D eigenvalue weighted by Crippen LogP contribution is 2.16. The van der Waals surface area contributed by atoms with Crippen molar-refractivity contribution in [2.45, 2.75) is 25.7 Å². The van der Waals surface area contributed by atoms with E-state index in [4.69, 9.17) is 0 Å². The van der Waals surface area contributed by atoms with E-state index < -0.39 is 0 Å². The normalized spacial score (nSPS) is 11.1. The molecule has 0 unspecified atom stereocenters. The summed E-state index contributed by atoms with van der Waals surface area (Å²) in [6.07, 6.45) is 10.9. The van der Waals surface area contributed by atoms with Crippen molar-refractivity contribution in [3.05, 3.63) is 67.3 Å². The number of unbranched alkanes of at least 4 members (excludes halogenated alkanes) is 3. The van der Waals surface area contributed by atoms with E-state index in [1.807, 2.05) is 18.2 Å². The molecule has 0 aliphatic rings. The quantitative estimate of drug-likeness (QED) is 0.339. The average molecular weight is 212 g/mol. The van der Waals surface area contributed by atoms with Crippen molar-refractivity contribution in [3.63, 3.8) is 0 Å². The molecule has 1 rings (SSSR count). The zero-order chi connectivity index (χ0) is 11.6. The highest BCUT2D eigenvalue weighted by atomic mass is 14.0. The van der Waals surface area contributed by atoms with Crippen LogP contribution in [0.3, 0.4) is 0 Å². The van der Waals surface area contributed by atoms with Gasteiger partial charge in [-0.05, 0) is 36.8 Å². The van der Waals surface area contributed by atoms with Gasteiger partial charge in [-0.15, -0.1) is 6.58 Å². The summed E-state index contributed by atoms with van der Waals surface area (Å²) in [6, 6.07) is 10.4. The van der Waals surface area contributed by atoms with Crippen molar-refractivity contribution in [2.75, 3.05) is 0 Å². The van der Waals surface area contributed by atoms with Crippen LogP contribution in [0.15, 0.2) is 61.7 Å². The van der Waals surface area contributed by atoms with E-state index in [-0.39, 0.29) is 0 Å². The first kappa shape index (κ1) is 12.5. The second-order valence-corrected chi connectivity index (χ2v) is 3.80. The Morgan fingerprint density at radius 2 is 1.69 bits per heavy atom. The molecular formula is C16H20. The molecule has 0 saturated carbocycles. The highest BCUT2D eigenvalue weighted by molar-refractivity contribution is 5.73. The van der Waals surface area contributed by atoms with E-state index in [1.165, 1.54) is 24.0 Å². The van der Waals surface area contributed by atoms with Crippen LogP contribution in [0.2, 0.25) is 0 Å². The van der Waals surface area contributed by atoms with E-state index in [0.29, 0.717) is 0 Å². The van der Waals surface area contributed by atoms with Crippen LogP contribution in [0.4, 0.5) is 0 Å². The van der Waals surface area contributed by atoms with Gasteiger partial charge in [-0.25, -0.2) is 0 Å². The van der Waals surface area contributed by atoms with E-state index in [2.05, 4.69) is 43.5 Å². The van der Waals surface area contributed by atoms with Crippen molar-refractivity contribution in [3.8, 4) is 0 Å². The van der Waals surface area contributed by atoms with Gasteiger partial charge in [-0.1, -0.05) is 55.1 Å². The minimum Gasteiger partial charge on any atom is -0.103 e. The molecule has 0 atom stereocenters. The summed E-state index contributed by atoms with van der Waals surface area (Å²) in [7, 11) is 0. The molecule has 1 aromatic rings. The van der Waals surface area contributed by atoms with Crippen molar-refractivity contribution < 1.29 is 0 Å². The van der Waals surface area contributed by atoms with Crippen LogP contribution in [0, 0.1) is 0 Å². The molecule has 0 N–H and O–H groups in total. The van der Waals surface area contributed by atoms with Crippen molar-refractivity contribution in [1.29, 1.82) is 0 Å². The Hall–Kier alpha value is -1.56. The zero-order valence-electron chi connectivity index (χ0n) is 9.86. The first-order chi connectivity index (χ1) is 7.88. The number of rotatable bonds is 7. The Bertz CT molecular complexity index is 344. The Morgan fingerprint density at radius 3 is 2.31 bits per heavy atom. The molecular weight excluding hydrogens is 192 g/mol. The van der Waals surface area contributed by atoms with Gasteiger partial charge >= 0.3 is 0 Å². The largest absolute Gasteiger partial charge is 0.103 e. The first-order valence-electron chi connectivity index (χ1n) is 5.87. The first-order valence-corrected chi connectivity index (χ1v) is 5.87. The van der Waals surface area contributed by atoms with Crippen molar-refractivity contribution in [1.82, 2.24) is 0 Å². The van der Waals surface area contributed by atoms with Gasteiger partial charge in [0, 0.05) is 0 Å². The maximum Gasteiger partial charge on any atom is -0.0187 e. The lowest BCUT2D eigenvalue weighted by atomic mass is 10.0. The van der Waals surface area contributed by atoms with Crippen molar-refractivity contribution in [2.24, 2.45) is 0 Å². The van der Waals surface area contributed by atoms with Crippen LogP contribution >= 0.6 is 0 Å². The molecule has 0 fully saturated rings. The fraction of sp³-hybridized carbons (Fsp3) is 0.250. The van der Waals surface area contributed by atoms with Crippen molar-refractivity contribution >= 4 is 5.57 Å². The van der Waals surface area contributed by atoms with E-state index in [1.54, 1.807) is 0 Å². The number of hydrogen-bond acceptors (Lipinski definition) is 0. The Balaban J connectivity index is 2.51. The summed E-state index contributed by atoms with van der Waals surface area (Å²) >= 11 is 0. The minimum absolute atomic E-state index is 1.11. The molecule has 16 heavy (non-hydrogen) atoms. The third-order valence-electron chi connectivity index (χ3n) is 2.55. The molecule has 0 radical (unpaired) electrons. The summed E-state index contributed by atoms with van der Waals surface area (Å²) < 4.78 is 0. The molecule has 0 aromatic heterocycles. The van der Waals surface area contributed by atoms with E-state index in [0.717, 1.165) is 12.8 Å². The topological polar surface area (TPSA) is 0 Å². The minimum atomic E-state index is 1.11. The van der Waals surface area contributed by atoms with E-state index >= 15 is 0 Å². The second-order valence-electron chi connectivity index (χ2n) is 3.80. The van der Waals surface area contributed by atoms with Gasteiger partial charge in [-0.3, -0.25) is 0 Å². The summed E-state index contributed by atoms with van der Waals surface area (Å²) in [5, 5.41) is 0. The second kappa shape index (κ2) is 7.70. The number of hydrogen-bond donors (Lipinski definition) is 0. The predicted molar refractivity (Wildman–Crippen MR) is 73.3 cm³/mol. The monoisotopic (exact) mass is 212 g/mol. The van der Waals surface area contributed by atoms with E-state index in [9.17, 15) is 0 Å². The van der Waals surface area contributed by atoms with Crippen LogP contribution in [0.5, 0.6) is 0 Å². The third kappa shape index (κ3) is 4.31. The van der Waals surface area contributed by atoms with Gasteiger partial charge in [0.05, 0.1) is 0 Å². The lowest BCUT2D eigenvalue weighted by Gasteiger charge is -2.02. The molecule has 84 valence electrons. The van der Waals surface area contributed by atoms with Crippen LogP contribution in [-0.2, 0) is 0 Å². The maximum absolute atomic E-state index is 3.87. The standard InChI is InChI=1S/C16H20/c1-3-5-6-7-9-12-15(4-2)16-13-10-8-11-14-16/h3-4,8,10-14H,1-2,5-7,9H2. The van der Waals surface area contributed by atoms with Gasteiger partial charge < -0.3 is 0 Å². The Labute approximate surface area is 99.0 Å². The van der Waals surface area contributed by atoms with Gasteiger partial charge in [0.25, 0.3) is 0 Å². The summed E-state index contributed by atoms with van der Waals surface area (Å²) in [5.74, 6) is 0. The molecule has 0 saturated heterocycles. The Morgan fingerprint density at radius 1 is 1.00 bits per heavy atom. The third-order valence-corrected chi connectivity index (χ3v) is 2.55. The molecule has 0 nitrogen and oxygen atoms in total. The van der Waals surface area contributed by atoms with Crippen LogP contribution < -0.4 is 0 Å². The highest BCUT2D eigenvalue weighted by Gasteiger charge is 1.94. The molecule has 0 amide bonds. The van der Waals surface area contributed by atoms with Crippen LogP contribution in [-0.4, -0.2) is 0 Å². The molecule has 0 heteroatoms. The SMILES string of the molecule is C=CCCCCC=C(C=C)c1ccccc1. The molecule has 0 aliphatic heterocycles. The van der Waals surface area contributed by atoms with Crippen LogP contribution in [0.1, 0.15) is 31.2 Å². The predicted octanol–water partition coefficient (Wildman–Crippen LogP) is 5.00. The number of allylic oxidation sites excluding steroid dienone is 4. The summed E-state index contributed by atoms with van der Waals surface area (Å²) in [6.45, 7) is 7.59. The zero-order valence-corrected chi connectivity index (χ0v) is 9.86.